The van der Waals surface area contributed by atoms with Gasteiger partial charge in [0.1, 0.15) is 11.4 Å². The van der Waals surface area contributed by atoms with Crippen LogP contribution in [0.2, 0.25) is 0 Å². The van der Waals surface area contributed by atoms with Gasteiger partial charge in [0, 0.05) is 16.3 Å². The van der Waals surface area contributed by atoms with E-state index in [0.717, 1.165) is 10.9 Å². The highest BCUT2D eigenvalue weighted by atomic mass is 32.1. The molecule has 0 aliphatic rings. The van der Waals surface area contributed by atoms with E-state index < -0.39 is 11.8 Å². The fourth-order valence-electron chi connectivity index (χ4n) is 1.65. The van der Waals surface area contributed by atoms with Gasteiger partial charge in [0.25, 0.3) is 0 Å². The van der Waals surface area contributed by atoms with Crippen LogP contribution in [0.1, 0.15) is 20.1 Å². The molecule has 0 spiro atoms. The first-order valence-electron chi connectivity index (χ1n) is 5.39. The van der Waals surface area contributed by atoms with Gasteiger partial charge in [0.2, 0.25) is 0 Å². The van der Waals surface area contributed by atoms with E-state index in [0.29, 0.717) is 12.2 Å². The molecule has 2 N–H and O–H groups in total. The number of aryl methyl sites for hydroxylation is 1. The van der Waals surface area contributed by atoms with Gasteiger partial charge in [0.05, 0.1) is 5.69 Å². The van der Waals surface area contributed by atoms with E-state index in [2.05, 4.69) is 5.32 Å². The zero-order valence-corrected chi connectivity index (χ0v) is 10.6. The van der Waals surface area contributed by atoms with Crippen LogP contribution >= 0.6 is 11.3 Å². The van der Waals surface area contributed by atoms with E-state index >= 15 is 0 Å². The van der Waals surface area contributed by atoms with Gasteiger partial charge in [0.15, 0.2) is 0 Å². The molecular weight excluding hydrogens is 253 g/mol. The van der Waals surface area contributed by atoms with Crippen LogP contribution in [0, 0.1) is 12.7 Å². The van der Waals surface area contributed by atoms with E-state index in [1.165, 1.54) is 10.9 Å². The van der Waals surface area contributed by atoms with Gasteiger partial charge < -0.3 is 10.4 Å². The Bertz CT molecular complexity index is 580. The molecule has 1 aromatic carbocycles. The van der Waals surface area contributed by atoms with Crippen molar-refractivity contribution in [3.8, 4) is 0 Å². The number of anilines is 1. The Balaban J connectivity index is 2.19. The summed E-state index contributed by atoms with van der Waals surface area (Å²) in [5.74, 6) is -1.99. The number of hydrogen-bond acceptors (Lipinski definition) is 3. The zero-order chi connectivity index (χ0) is 13.1. The molecule has 0 fully saturated rings. The number of benzene rings is 1. The number of rotatable bonds is 4. The maximum absolute atomic E-state index is 13.4. The summed E-state index contributed by atoms with van der Waals surface area (Å²) < 4.78 is 13.4. The van der Waals surface area contributed by atoms with Crippen molar-refractivity contribution in [2.24, 2.45) is 0 Å². The number of hydrogen-bond donors (Lipinski definition) is 2. The predicted octanol–water partition coefficient (Wildman–Crippen LogP) is 3.51. The molecule has 0 bridgehead atoms. The molecule has 0 atom stereocenters. The molecule has 0 unspecified atom stereocenters. The Labute approximate surface area is 108 Å². The first kappa shape index (κ1) is 12.6. The Morgan fingerprint density at radius 1 is 1.39 bits per heavy atom. The van der Waals surface area contributed by atoms with Crippen molar-refractivity contribution in [3.05, 3.63) is 51.5 Å². The summed E-state index contributed by atoms with van der Waals surface area (Å²) in [4.78, 5) is 13.2. The number of carboxylic acids is 1. The summed E-state index contributed by atoms with van der Waals surface area (Å²) in [7, 11) is 0. The Morgan fingerprint density at radius 3 is 2.78 bits per heavy atom. The fourth-order valence-corrected chi connectivity index (χ4v) is 2.48. The smallest absolute Gasteiger partial charge is 0.340 e. The van der Waals surface area contributed by atoms with E-state index in [9.17, 15) is 9.18 Å². The second-order valence-corrected chi connectivity index (χ2v) is 5.21. The molecule has 94 valence electrons. The van der Waals surface area contributed by atoms with Crippen molar-refractivity contribution in [1.29, 1.82) is 0 Å². The third-order valence-corrected chi connectivity index (χ3v) is 3.48. The molecule has 0 saturated heterocycles. The molecule has 3 nitrogen and oxygen atoms in total. The normalized spacial score (nSPS) is 10.3. The van der Waals surface area contributed by atoms with E-state index in [-0.39, 0.29) is 5.56 Å². The third kappa shape index (κ3) is 2.68. The van der Waals surface area contributed by atoms with Gasteiger partial charge in [-0.25, -0.2) is 9.18 Å². The second kappa shape index (κ2) is 5.18. The lowest BCUT2D eigenvalue weighted by Gasteiger charge is -2.09. The topological polar surface area (TPSA) is 49.3 Å². The first-order chi connectivity index (χ1) is 8.58. The van der Waals surface area contributed by atoms with Gasteiger partial charge in [-0.1, -0.05) is 6.07 Å². The first-order valence-corrected chi connectivity index (χ1v) is 6.20. The number of carboxylic acid groups (broad SMARTS) is 1. The van der Waals surface area contributed by atoms with Crippen LogP contribution in [0.5, 0.6) is 0 Å². The summed E-state index contributed by atoms with van der Waals surface area (Å²) in [6.07, 6.45) is 0. The molecule has 0 amide bonds. The highest BCUT2D eigenvalue weighted by molar-refractivity contribution is 7.11. The van der Waals surface area contributed by atoms with Crippen molar-refractivity contribution in [1.82, 2.24) is 0 Å². The van der Waals surface area contributed by atoms with Crippen molar-refractivity contribution in [3.63, 3.8) is 0 Å². The van der Waals surface area contributed by atoms with Crippen LogP contribution in [-0.2, 0) is 6.54 Å². The molecular formula is C13H12FNO2S. The Hall–Kier alpha value is -1.88. The minimum atomic E-state index is -1.27. The summed E-state index contributed by atoms with van der Waals surface area (Å²) in [6.45, 7) is 2.49. The lowest BCUT2D eigenvalue weighted by molar-refractivity contribution is 0.0693. The van der Waals surface area contributed by atoms with Crippen molar-refractivity contribution in [2.45, 2.75) is 13.5 Å². The van der Waals surface area contributed by atoms with Crippen LogP contribution in [-0.4, -0.2) is 11.1 Å². The molecule has 0 radical (unpaired) electrons. The minimum Gasteiger partial charge on any atom is -0.478 e. The van der Waals surface area contributed by atoms with Crippen LogP contribution in [0.25, 0.3) is 0 Å². The average molecular weight is 265 g/mol. The van der Waals surface area contributed by atoms with E-state index in [1.807, 2.05) is 19.1 Å². The van der Waals surface area contributed by atoms with Gasteiger partial charge in [-0.15, -0.1) is 11.3 Å². The van der Waals surface area contributed by atoms with Gasteiger partial charge >= 0.3 is 5.97 Å². The van der Waals surface area contributed by atoms with Crippen molar-refractivity contribution >= 4 is 23.0 Å². The number of nitrogens with one attached hydrogen (secondary N) is 1. The minimum absolute atomic E-state index is 0.300. The Kier molecular flexibility index (Phi) is 3.62. The zero-order valence-electron chi connectivity index (χ0n) is 9.74. The monoisotopic (exact) mass is 265 g/mol. The lowest BCUT2D eigenvalue weighted by atomic mass is 10.1. The molecule has 1 heterocycles. The summed E-state index contributed by atoms with van der Waals surface area (Å²) in [5, 5.41) is 11.9. The number of aromatic carboxylic acids is 1. The predicted molar refractivity (Wildman–Crippen MR) is 69.7 cm³/mol. The maximum atomic E-state index is 13.4. The SMILES string of the molecule is Cc1ccc(CNc2cccc(F)c2C(=O)O)s1. The summed E-state index contributed by atoms with van der Waals surface area (Å²) >= 11 is 1.62. The van der Waals surface area contributed by atoms with Crippen LogP contribution < -0.4 is 5.32 Å². The van der Waals surface area contributed by atoms with Crippen LogP contribution in [0.15, 0.2) is 30.3 Å². The Morgan fingerprint density at radius 2 is 2.17 bits per heavy atom. The van der Waals surface area contributed by atoms with Crippen LogP contribution in [0.4, 0.5) is 10.1 Å². The summed E-state index contributed by atoms with van der Waals surface area (Å²) in [6, 6.07) is 8.15. The molecule has 1 aromatic heterocycles. The van der Waals surface area contributed by atoms with Gasteiger partial charge in [-0.05, 0) is 31.2 Å². The number of thiophene rings is 1. The fraction of sp³-hybridized carbons (Fsp3) is 0.154. The lowest BCUT2D eigenvalue weighted by Crippen LogP contribution is -2.08. The quantitative estimate of drug-likeness (QED) is 0.889. The molecule has 18 heavy (non-hydrogen) atoms. The average Bonchev–Trinajstić information content (AvgIpc) is 2.72. The molecule has 0 aliphatic carbocycles. The third-order valence-electron chi connectivity index (χ3n) is 2.48. The number of carbonyl (C=O) groups is 1. The largest absolute Gasteiger partial charge is 0.478 e. The molecule has 2 rings (SSSR count). The number of halogens is 1. The maximum Gasteiger partial charge on any atom is 0.340 e. The summed E-state index contributed by atoms with van der Waals surface area (Å²) in [5.41, 5.74) is -0.0145. The van der Waals surface area contributed by atoms with Crippen LogP contribution in [0.3, 0.4) is 0 Å². The molecule has 2 aromatic rings. The standard InChI is InChI=1S/C13H12FNO2S/c1-8-5-6-9(18-8)7-15-11-4-2-3-10(14)12(11)13(16)17/h2-6,15H,7H2,1H3,(H,16,17). The van der Waals surface area contributed by atoms with Gasteiger partial charge in [-0.2, -0.15) is 0 Å². The highest BCUT2D eigenvalue weighted by Gasteiger charge is 2.15. The molecule has 5 heteroatoms. The highest BCUT2D eigenvalue weighted by Crippen LogP contribution is 2.21. The molecule has 0 saturated carbocycles. The second-order valence-electron chi connectivity index (χ2n) is 3.83. The van der Waals surface area contributed by atoms with E-state index in [1.54, 1.807) is 17.4 Å². The van der Waals surface area contributed by atoms with Crippen molar-refractivity contribution in [2.75, 3.05) is 5.32 Å². The van der Waals surface area contributed by atoms with Gasteiger partial charge in [-0.3, -0.25) is 0 Å². The van der Waals surface area contributed by atoms with Crippen molar-refractivity contribution < 1.29 is 14.3 Å². The van der Waals surface area contributed by atoms with E-state index in [4.69, 9.17) is 5.11 Å². The molecule has 0 aliphatic heterocycles.